The largest absolute Gasteiger partial charge is 0.327 e. The second-order valence-corrected chi connectivity index (χ2v) is 6.73. The van der Waals surface area contributed by atoms with Crippen molar-refractivity contribution in [3.05, 3.63) is 0 Å². The first kappa shape index (κ1) is 13.4. The molecule has 2 N–H and O–H groups in total. The zero-order valence-electron chi connectivity index (χ0n) is 11.7. The van der Waals surface area contributed by atoms with Gasteiger partial charge in [0.1, 0.15) is 0 Å². The molecule has 0 spiro atoms. The normalized spacial score (nSPS) is 41.1. The van der Waals surface area contributed by atoms with E-state index in [9.17, 15) is 0 Å². The van der Waals surface area contributed by atoms with Crippen LogP contribution in [0, 0.1) is 17.8 Å². The predicted octanol–water partition coefficient (Wildman–Crippen LogP) is 2.87. The number of rotatable bonds is 2. The fourth-order valence-corrected chi connectivity index (χ4v) is 3.91. The number of likely N-dealkylation sites (tertiary alicyclic amines) is 1. The van der Waals surface area contributed by atoms with Crippen LogP contribution in [-0.4, -0.2) is 30.6 Å². The van der Waals surface area contributed by atoms with Gasteiger partial charge in [-0.1, -0.05) is 33.1 Å². The van der Waals surface area contributed by atoms with E-state index in [1.807, 2.05) is 0 Å². The van der Waals surface area contributed by atoms with E-state index in [2.05, 4.69) is 18.7 Å². The van der Waals surface area contributed by atoms with Crippen LogP contribution >= 0.6 is 0 Å². The van der Waals surface area contributed by atoms with E-state index in [4.69, 9.17) is 5.73 Å². The quantitative estimate of drug-likeness (QED) is 0.750. The molecule has 1 aliphatic heterocycles. The molecule has 1 aliphatic carbocycles. The lowest BCUT2D eigenvalue weighted by molar-refractivity contribution is 0.113. The molecule has 17 heavy (non-hydrogen) atoms. The van der Waals surface area contributed by atoms with E-state index in [1.54, 1.807) is 0 Å². The van der Waals surface area contributed by atoms with Crippen molar-refractivity contribution in [2.24, 2.45) is 23.5 Å². The second-order valence-electron chi connectivity index (χ2n) is 6.73. The molecule has 4 atom stereocenters. The monoisotopic (exact) mass is 238 g/mol. The third-order valence-corrected chi connectivity index (χ3v) is 4.66. The van der Waals surface area contributed by atoms with Crippen molar-refractivity contribution >= 4 is 0 Å². The average molecular weight is 238 g/mol. The molecule has 0 amide bonds. The third-order valence-electron chi connectivity index (χ3n) is 4.66. The smallest absolute Gasteiger partial charge is 0.00793 e. The van der Waals surface area contributed by atoms with Gasteiger partial charge in [0, 0.05) is 25.7 Å². The summed E-state index contributed by atoms with van der Waals surface area (Å²) >= 11 is 0. The minimum absolute atomic E-state index is 0.463. The molecule has 1 saturated heterocycles. The molecule has 2 aliphatic rings. The van der Waals surface area contributed by atoms with Crippen molar-refractivity contribution in [2.45, 2.75) is 58.4 Å². The molecule has 2 fully saturated rings. The van der Waals surface area contributed by atoms with Gasteiger partial charge in [-0.3, -0.25) is 0 Å². The van der Waals surface area contributed by atoms with Crippen molar-refractivity contribution < 1.29 is 0 Å². The Kier molecular flexibility index (Phi) is 4.87. The van der Waals surface area contributed by atoms with E-state index in [1.165, 1.54) is 58.2 Å². The molecular formula is C15H30N2. The molecule has 0 bridgehead atoms. The Labute approximate surface area is 107 Å². The van der Waals surface area contributed by atoms with E-state index in [-0.39, 0.29) is 0 Å². The van der Waals surface area contributed by atoms with Gasteiger partial charge in [-0.05, 0) is 37.0 Å². The first-order valence-electron chi connectivity index (χ1n) is 7.63. The highest BCUT2D eigenvalue weighted by atomic mass is 15.1. The van der Waals surface area contributed by atoms with Crippen LogP contribution in [0.3, 0.4) is 0 Å². The summed E-state index contributed by atoms with van der Waals surface area (Å²) in [4.78, 5) is 2.69. The maximum Gasteiger partial charge on any atom is 0.00793 e. The number of hydrogen-bond donors (Lipinski definition) is 1. The number of hydrogen-bond acceptors (Lipinski definition) is 2. The molecule has 100 valence electrons. The highest BCUT2D eigenvalue weighted by Gasteiger charge is 2.27. The predicted molar refractivity (Wildman–Crippen MR) is 73.9 cm³/mol. The molecule has 1 heterocycles. The van der Waals surface area contributed by atoms with Crippen molar-refractivity contribution in [1.29, 1.82) is 0 Å². The van der Waals surface area contributed by atoms with Gasteiger partial charge in [-0.2, -0.15) is 0 Å². The van der Waals surface area contributed by atoms with E-state index < -0.39 is 0 Å². The van der Waals surface area contributed by atoms with Gasteiger partial charge in [-0.15, -0.1) is 0 Å². The molecule has 2 rings (SSSR count). The van der Waals surface area contributed by atoms with Crippen LogP contribution in [0.1, 0.15) is 52.4 Å². The minimum atomic E-state index is 0.463. The van der Waals surface area contributed by atoms with Gasteiger partial charge in [0.25, 0.3) is 0 Å². The van der Waals surface area contributed by atoms with Gasteiger partial charge in [0.2, 0.25) is 0 Å². The first-order valence-corrected chi connectivity index (χ1v) is 7.63. The minimum Gasteiger partial charge on any atom is -0.327 e. The summed E-state index contributed by atoms with van der Waals surface area (Å²) in [6.45, 7) is 8.66. The fourth-order valence-electron chi connectivity index (χ4n) is 3.91. The van der Waals surface area contributed by atoms with Gasteiger partial charge >= 0.3 is 0 Å². The van der Waals surface area contributed by atoms with Crippen LogP contribution in [0.5, 0.6) is 0 Å². The fraction of sp³-hybridized carbons (Fsp3) is 1.00. The summed E-state index contributed by atoms with van der Waals surface area (Å²) in [6, 6.07) is 0.463. The lowest BCUT2D eigenvalue weighted by Crippen LogP contribution is -2.44. The van der Waals surface area contributed by atoms with Crippen molar-refractivity contribution in [3.63, 3.8) is 0 Å². The molecule has 0 aromatic heterocycles. The molecule has 4 unspecified atom stereocenters. The topological polar surface area (TPSA) is 29.3 Å². The molecular weight excluding hydrogens is 208 g/mol. The molecule has 0 aromatic rings. The summed E-state index contributed by atoms with van der Waals surface area (Å²) in [7, 11) is 0. The molecule has 1 saturated carbocycles. The average Bonchev–Trinajstić information content (AvgIpc) is 2.43. The zero-order chi connectivity index (χ0) is 12.3. The summed E-state index contributed by atoms with van der Waals surface area (Å²) in [5.41, 5.74) is 6.34. The first-order chi connectivity index (χ1) is 8.15. The number of nitrogens with two attached hydrogens (primary N) is 1. The van der Waals surface area contributed by atoms with Crippen LogP contribution in [-0.2, 0) is 0 Å². The molecule has 2 heteroatoms. The Hall–Kier alpha value is -0.0800. The highest BCUT2D eigenvalue weighted by Crippen LogP contribution is 2.26. The van der Waals surface area contributed by atoms with E-state index in [0.717, 1.165) is 17.8 Å². The van der Waals surface area contributed by atoms with E-state index >= 15 is 0 Å². The second kappa shape index (κ2) is 6.19. The summed E-state index contributed by atoms with van der Waals surface area (Å²) in [5.74, 6) is 2.51. The SMILES string of the molecule is CC1CC(C)CN(CC2CCCCCC2N)C1. The van der Waals surface area contributed by atoms with Crippen LogP contribution < -0.4 is 5.73 Å². The zero-order valence-corrected chi connectivity index (χ0v) is 11.7. The van der Waals surface area contributed by atoms with Gasteiger partial charge in [-0.25, -0.2) is 0 Å². The number of nitrogens with zero attached hydrogens (tertiary/aromatic N) is 1. The standard InChI is InChI=1S/C15H30N2/c1-12-8-13(2)10-17(9-12)11-14-6-4-3-5-7-15(14)16/h12-15H,3-11,16H2,1-2H3. The summed E-state index contributed by atoms with van der Waals surface area (Å²) in [5, 5.41) is 0. The van der Waals surface area contributed by atoms with E-state index in [0.29, 0.717) is 6.04 Å². The Morgan fingerprint density at radius 1 is 1.00 bits per heavy atom. The highest BCUT2D eigenvalue weighted by molar-refractivity contribution is 4.82. The van der Waals surface area contributed by atoms with Crippen molar-refractivity contribution in [2.75, 3.05) is 19.6 Å². The van der Waals surface area contributed by atoms with Crippen LogP contribution in [0.2, 0.25) is 0 Å². The molecule has 0 radical (unpaired) electrons. The Morgan fingerprint density at radius 3 is 2.35 bits per heavy atom. The Balaban J connectivity index is 1.85. The van der Waals surface area contributed by atoms with Crippen LogP contribution in [0.4, 0.5) is 0 Å². The third kappa shape index (κ3) is 3.96. The lowest BCUT2D eigenvalue weighted by atomic mass is 9.89. The summed E-state index contributed by atoms with van der Waals surface area (Å²) < 4.78 is 0. The lowest BCUT2D eigenvalue weighted by Gasteiger charge is -2.38. The van der Waals surface area contributed by atoms with Crippen LogP contribution in [0.15, 0.2) is 0 Å². The molecule has 0 aromatic carbocycles. The Morgan fingerprint density at radius 2 is 1.65 bits per heavy atom. The van der Waals surface area contributed by atoms with Gasteiger partial charge in [0.05, 0.1) is 0 Å². The number of piperidine rings is 1. The van der Waals surface area contributed by atoms with Crippen LogP contribution in [0.25, 0.3) is 0 Å². The van der Waals surface area contributed by atoms with Crippen molar-refractivity contribution in [1.82, 2.24) is 4.90 Å². The maximum atomic E-state index is 6.34. The maximum absolute atomic E-state index is 6.34. The molecule has 2 nitrogen and oxygen atoms in total. The Bertz CT molecular complexity index is 219. The van der Waals surface area contributed by atoms with Gasteiger partial charge in [0.15, 0.2) is 0 Å². The van der Waals surface area contributed by atoms with Gasteiger partial charge < -0.3 is 10.6 Å². The van der Waals surface area contributed by atoms with Crippen molar-refractivity contribution in [3.8, 4) is 0 Å². The summed E-state index contributed by atoms with van der Waals surface area (Å²) in [6.07, 6.45) is 8.18.